The summed E-state index contributed by atoms with van der Waals surface area (Å²) in [6, 6.07) is 9.50. The monoisotopic (exact) mass is 357 g/mol. The second-order valence-electron chi connectivity index (χ2n) is 8.57. The fourth-order valence-electron chi connectivity index (χ4n) is 4.49. The normalized spacial score (nSPS) is 22.2. The minimum atomic E-state index is 0.354. The summed E-state index contributed by atoms with van der Waals surface area (Å²) in [6.45, 7) is 9.55. The summed E-state index contributed by atoms with van der Waals surface area (Å²) in [5.74, 6) is 0.354. The predicted octanol–water partition coefficient (Wildman–Crippen LogP) is 3.53. The molecule has 2 aliphatic heterocycles. The highest BCUT2D eigenvalue weighted by Crippen LogP contribution is 2.40. The first-order chi connectivity index (χ1) is 12.4. The predicted molar refractivity (Wildman–Crippen MR) is 107 cm³/mol. The quantitative estimate of drug-likeness (QED) is 0.806. The summed E-state index contributed by atoms with van der Waals surface area (Å²) in [5.41, 5.74) is 3.19. The SMILES string of the molecule is CCN1CC2(CCC1=O)CCN(Cc1cccc([C@H](C)N(C)C)c1)CC2. The van der Waals surface area contributed by atoms with Crippen LogP contribution in [0.2, 0.25) is 0 Å². The van der Waals surface area contributed by atoms with Gasteiger partial charge in [-0.15, -0.1) is 0 Å². The van der Waals surface area contributed by atoms with Crippen LogP contribution in [-0.4, -0.2) is 60.9 Å². The Balaban J connectivity index is 1.58. The highest BCUT2D eigenvalue weighted by molar-refractivity contribution is 5.77. The van der Waals surface area contributed by atoms with E-state index in [2.05, 4.69) is 66.9 Å². The number of piperidine rings is 2. The van der Waals surface area contributed by atoms with Gasteiger partial charge in [0.1, 0.15) is 0 Å². The molecule has 0 saturated carbocycles. The van der Waals surface area contributed by atoms with Crippen molar-refractivity contribution in [1.29, 1.82) is 0 Å². The van der Waals surface area contributed by atoms with E-state index in [1.54, 1.807) is 0 Å². The first-order valence-corrected chi connectivity index (χ1v) is 10.2. The van der Waals surface area contributed by atoms with Gasteiger partial charge in [-0.1, -0.05) is 24.3 Å². The topological polar surface area (TPSA) is 26.8 Å². The molecule has 26 heavy (non-hydrogen) atoms. The first kappa shape index (κ1) is 19.4. The maximum atomic E-state index is 12.0. The molecule has 4 nitrogen and oxygen atoms in total. The van der Waals surface area contributed by atoms with Crippen molar-refractivity contribution in [3.8, 4) is 0 Å². The highest BCUT2D eigenvalue weighted by atomic mass is 16.2. The van der Waals surface area contributed by atoms with Crippen LogP contribution in [-0.2, 0) is 11.3 Å². The van der Waals surface area contributed by atoms with Crippen molar-refractivity contribution in [3.05, 3.63) is 35.4 Å². The lowest BCUT2D eigenvalue weighted by Gasteiger charge is -2.47. The van der Waals surface area contributed by atoms with Gasteiger partial charge in [0.05, 0.1) is 0 Å². The molecule has 1 aromatic carbocycles. The Hall–Kier alpha value is -1.39. The summed E-state index contributed by atoms with van der Waals surface area (Å²) in [4.78, 5) is 18.9. The molecule has 2 fully saturated rings. The molecule has 1 spiro atoms. The Labute approximate surface area is 159 Å². The maximum Gasteiger partial charge on any atom is 0.222 e. The van der Waals surface area contributed by atoms with Gasteiger partial charge in [0.15, 0.2) is 0 Å². The van der Waals surface area contributed by atoms with Crippen LogP contribution < -0.4 is 0 Å². The molecule has 0 aliphatic carbocycles. The van der Waals surface area contributed by atoms with E-state index in [0.717, 1.165) is 45.6 Å². The third-order valence-electron chi connectivity index (χ3n) is 6.66. The lowest BCUT2D eigenvalue weighted by Crippen LogP contribution is -2.51. The van der Waals surface area contributed by atoms with Crippen molar-refractivity contribution in [2.45, 2.75) is 52.1 Å². The van der Waals surface area contributed by atoms with E-state index in [1.807, 2.05) is 0 Å². The molecule has 0 unspecified atom stereocenters. The molecule has 0 aromatic heterocycles. The van der Waals surface area contributed by atoms with Gasteiger partial charge >= 0.3 is 0 Å². The molecular formula is C22H35N3O. The largest absolute Gasteiger partial charge is 0.342 e. The fraction of sp³-hybridized carbons (Fsp3) is 0.682. The molecule has 0 N–H and O–H groups in total. The molecule has 4 heteroatoms. The van der Waals surface area contributed by atoms with E-state index < -0.39 is 0 Å². The van der Waals surface area contributed by atoms with Crippen molar-refractivity contribution in [2.24, 2.45) is 5.41 Å². The molecular weight excluding hydrogens is 322 g/mol. The van der Waals surface area contributed by atoms with Gasteiger partial charge in [-0.25, -0.2) is 0 Å². The van der Waals surface area contributed by atoms with Crippen LogP contribution in [0.15, 0.2) is 24.3 Å². The third kappa shape index (κ3) is 4.29. The third-order valence-corrected chi connectivity index (χ3v) is 6.66. The van der Waals surface area contributed by atoms with Crippen LogP contribution in [0.3, 0.4) is 0 Å². The van der Waals surface area contributed by atoms with Crippen molar-refractivity contribution < 1.29 is 4.79 Å². The van der Waals surface area contributed by atoms with E-state index in [9.17, 15) is 4.79 Å². The van der Waals surface area contributed by atoms with Crippen LogP contribution >= 0.6 is 0 Å². The van der Waals surface area contributed by atoms with E-state index in [0.29, 0.717) is 17.4 Å². The summed E-state index contributed by atoms with van der Waals surface area (Å²) in [7, 11) is 4.27. The van der Waals surface area contributed by atoms with Crippen LogP contribution in [0.1, 0.15) is 56.7 Å². The molecule has 1 aromatic rings. The van der Waals surface area contributed by atoms with E-state index >= 15 is 0 Å². The average molecular weight is 358 g/mol. The molecule has 2 saturated heterocycles. The van der Waals surface area contributed by atoms with Crippen molar-refractivity contribution in [3.63, 3.8) is 0 Å². The van der Waals surface area contributed by atoms with E-state index in [-0.39, 0.29) is 0 Å². The first-order valence-electron chi connectivity index (χ1n) is 10.2. The minimum Gasteiger partial charge on any atom is -0.342 e. The van der Waals surface area contributed by atoms with Crippen molar-refractivity contribution >= 4 is 5.91 Å². The number of nitrogens with zero attached hydrogens (tertiary/aromatic N) is 3. The fourth-order valence-corrected chi connectivity index (χ4v) is 4.49. The molecule has 1 atom stereocenters. The Morgan fingerprint density at radius 2 is 1.92 bits per heavy atom. The Morgan fingerprint density at radius 1 is 1.19 bits per heavy atom. The molecule has 2 aliphatic rings. The zero-order valence-corrected chi connectivity index (χ0v) is 17.0. The minimum absolute atomic E-state index is 0.354. The smallest absolute Gasteiger partial charge is 0.222 e. The highest BCUT2D eigenvalue weighted by Gasteiger charge is 2.40. The molecule has 0 bridgehead atoms. The lowest BCUT2D eigenvalue weighted by molar-refractivity contribution is -0.138. The van der Waals surface area contributed by atoms with E-state index in [4.69, 9.17) is 0 Å². The lowest BCUT2D eigenvalue weighted by atomic mass is 9.72. The molecule has 3 rings (SSSR count). The summed E-state index contributed by atoms with van der Waals surface area (Å²) >= 11 is 0. The van der Waals surface area contributed by atoms with E-state index in [1.165, 1.54) is 24.0 Å². The van der Waals surface area contributed by atoms with Crippen molar-refractivity contribution in [2.75, 3.05) is 40.3 Å². The van der Waals surface area contributed by atoms with Crippen LogP contribution in [0, 0.1) is 5.41 Å². The number of likely N-dealkylation sites (tertiary alicyclic amines) is 2. The van der Waals surface area contributed by atoms with Crippen LogP contribution in [0.4, 0.5) is 0 Å². The maximum absolute atomic E-state index is 12.0. The van der Waals surface area contributed by atoms with Gasteiger partial charge in [0.2, 0.25) is 5.91 Å². The second-order valence-corrected chi connectivity index (χ2v) is 8.57. The van der Waals surface area contributed by atoms with Gasteiger partial charge in [-0.2, -0.15) is 0 Å². The zero-order valence-electron chi connectivity index (χ0n) is 17.0. The number of amides is 1. The standard InChI is InChI=1S/C22H35N3O/c1-5-25-17-22(10-9-21(25)26)11-13-24(14-12-22)16-19-7-6-8-20(15-19)18(2)23(3)4/h6-8,15,18H,5,9-14,16-17H2,1-4H3/t18-/m0/s1. The second kappa shape index (κ2) is 8.10. The van der Waals surface area contributed by atoms with Gasteiger partial charge in [-0.3, -0.25) is 9.69 Å². The van der Waals surface area contributed by atoms with Crippen LogP contribution in [0.25, 0.3) is 0 Å². The molecule has 144 valence electrons. The van der Waals surface area contributed by atoms with Gasteiger partial charge in [-0.05, 0) is 76.8 Å². The average Bonchev–Trinajstić information content (AvgIpc) is 2.65. The summed E-state index contributed by atoms with van der Waals surface area (Å²) in [5, 5.41) is 0. The number of hydrogen-bond acceptors (Lipinski definition) is 3. The summed E-state index contributed by atoms with van der Waals surface area (Å²) in [6.07, 6.45) is 4.29. The zero-order chi connectivity index (χ0) is 18.7. The Kier molecular flexibility index (Phi) is 6.03. The Morgan fingerprint density at radius 3 is 2.58 bits per heavy atom. The molecule has 0 radical (unpaired) electrons. The number of carbonyl (C=O) groups excluding carboxylic acids is 1. The van der Waals surface area contributed by atoms with Gasteiger partial charge < -0.3 is 9.80 Å². The number of benzene rings is 1. The van der Waals surface area contributed by atoms with Crippen LogP contribution in [0.5, 0.6) is 0 Å². The number of carbonyl (C=O) groups is 1. The number of hydrogen-bond donors (Lipinski definition) is 0. The van der Waals surface area contributed by atoms with Gasteiger partial charge in [0, 0.05) is 32.1 Å². The molecule has 2 heterocycles. The Bertz CT molecular complexity index is 620. The van der Waals surface area contributed by atoms with Gasteiger partial charge in [0.25, 0.3) is 0 Å². The summed E-state index contributed by atoms with van der Waals surface area (Å²) < 4.78 is 0. The molecule has 1 amide bonds. The number of rotatable bonds is 5. The van der Waals surface area contributed by atoms with Crippen molar-refractivity contribution in [1.82, 2.24) is 14.7 Å².